The maximum Gasteiger partial charge on any atom is 0.231 e. The zero-order valence-corrected chi connectivity index (χ0v) is 11.4. The van der Waals surface area contributed by atoms with Crippen LogP contribution in [-0.2, 0) is 28.5 Å². The fraction of sp³-hybridized carbons (Fsp3) is 0.833. The van der Waals surface area contributed by atoms with Crippen molar-refractivity contribution >= 4 is 11.6 Å². The molecule has 0 aromatic heterocycles. The van der Waals surface area contributed by atoms with Crippen molar-refractivity contribution in [2.24, 2.45) is 0 Å². The van der Waals surface area contributed by atoms with Gasteiger partial charge < -0.3 is 18.9 Å². The van der Waals surface area contributed by atoms with Crippen LogP contribution in [0.4, 0.5) is 0 Å². The molecule has 2 heterocycles. The van der Waals surface area contributed by atoms with Gasteiger partial charge in [0.1, 0.15) is 0 Å². The molecule has 2 rings (SSSR count). The van der Waals surface area contributed by atoms with Gasteiger partial charge in [-0.2, -0.15) is 0 Å². The molecule has 0 N–H and O–H groups in total. The highest BCUT2D eigenvalue weighted by Crippen LogP contribution is 2.54. The van der Waals surface area contributed by atoms with Crippen LogP contribution in [0.5, 0.6) is 0 Å². The summed E-state index contributed by atoms with van der Waals surface area (Å²) in [6.07, 6.45) is 0. The van der Waals surface area contributed by atoms with Gasteiger partial charge in [-0.1, -0.05) is 0 Å². The topological polar surface area (TPSA) is 71.1 Å². The van der Waals surface area contributed by atoms with Crippen molar-refractivity contribution in [2.45, 2.75) is 64.7 Å². The van der Waals surface area contributed by atoms with Gasteiger partial charge in [-0.25, -0.2) is 0 Å². The molecule has 0 aromatic rings. The highest BCUT2D eigenvalue weighted by atomic mass is 17.0. The first-order valence-corrected chi connectivity index (χ1v) is 5.79. The first kappa shape index (κ1) is 13.6. The summed E-state index contributed by atoms with van der Waals surface area (Å²) in [6, 6.07) is 0. The van der Waals surface area contributed by atoms with E-state index in [2.05, 4.69) is 0 Å². The van der Waals surface area contributed by atoms with E-state index in [1.165, 1.54) is 27.7 Å². The Kier molecular flexibility index (Phi) is 2.56. The lowest BCUT2D eigenvalue weighted by Crippen LogP contribution is -2.44. The first-order chi connectivity index (χ1) is 7.97. The number of Topliss-reactive ketones (excluding diaryl/α,β-unsaturated/α-hetero) is 2. The van der Waals surface area contributed by atoms with Crippen LogP contribution in [-0.4, -0.2) is 34.7 Å². The number of fused-ring (bicyclic) bond motifs is 1. The van der Waals surface area contributed by atoms with Crippen molar-refractivity contribution in [3.63, 3.8) is 0 Å². The van der Waals surface area contributed by atoms with E-state index in [9.17, 15) is 9.59 Å². The average Bonchev–Trinajstić information content (AvgIpc) is 2.43. The lowest BCUT2D eigenvalue weighted by atomic mass is 10.1. The molecule has 2 aliphatic rings. The zero-order chi connectivity index (χ0) is 14.0. The minimum atomic E-state index is -1.43. The second-order valence-electron chi connectivity index (χ2n) is 5.30. The second-order valence-corrected chi connectivity index (χ2v) is 5.30. The van der Waals surface area contributed by atoms with Crippen LogP contribution in [0.15, 0.2) is 0 Å². The average molecular weight is 258 g/mol. The van der Waals surface area contributed by atoms with E-state index in [0.717, 1.165) is 0 Å². The number of hydrogen-bond acceptors (Lipinski definition) is 6. The molecule has 0 radical (unpaired) electrons. The lowest BCUT2D eigenvalue weighted by molar-refractivity contribution is -0.301. The molecule has 0 aliphatic carbocycles. The van der Waals surface area contributed by atoms with Crippen LogP contribution < -0.4 is 0 Å². The number of rotatable bonds is 2. The van der Waals surface area contributed by atoms with Gasteiger partial charge in [0.2, 0.25) is 23.1 Å². The van der Waals surface area contributed by atoms with Gasteiger partial charge in [0.05, 0.1) is 0 Å². The van der Waals surface area contributed by atoms with Crippen molar-refractivity contribution < 1.29 is 28.5 Å². The van der Waals surface area contributed by atoms with Gasteiger partial charge in [-0.05, 0) is 27.7 Å². The molecule has 0 unspecified atom stereocenters. The molecular weight excluding hydrogens is 240 g/mol. The van der Waals surface area contributed by atoms with E-state index in [-0.39, 0.29) is 11.6 Å². The fourth-order valence-corrected chi connectivity index (χ4v) is 2.23. The van der Waals surface area contributed by atoms with E-state index < -0.39 is 23.1 Å². The van der Waals surface area contributed by atoms with Crippen LogP contribution in [0, 0.1) is 0 Å². The van der Waals surface area contributed by atoms with E-state index in [1.807, 2.05) is 0 Å². The summed E-state index contributed by atoms with van der Waals surface area (Å²) in [6.45, 7) is 8.91. The third-order valence-corrected chi connectivity index (χ3v) is 3.66. The van der Waals surface area contributed by atoms with Gasteiger partial charge in [0.15, 0.2) is 11.6 Å². The Hall–Kier alpha value is -0.820. The van der Waals surface area contributed by atoms with Crippen LogP contribution in [0.2, 0.25) is 0 Å². The molecule has 0 atom stereocenters. The Morgan fingerprint density at radius 3 is 1.06 bits per heavy atom. The van der Waals surface area contributed by atoms with Crippen molar-refractivity contribution in [3.05, 3.63) is 0 Å². The van der Waals surface area contributed by atoms with Crippen molar-refractivity contribution in [1.29, 1.82) is 0 Å². The van der Waals surface area contributed by atoms with Gasteiger partial charge in [0, 0.05) is 13.8 Å². The summed E-state index contributed by atoms with van der Waals surface area (Å²) >= 11 is 0. The molecule has 2 aliphatic heterocycles. The standard InChI is InChI=1S/C12H18O6/c1-7(13)9(3)15-11(5)12(6,16-9)18-10(4,17-11)8(2)14/h1-6H3. The maximum absolute atomic E-state index is 11.6. The Balaban J connectivity index is 2.37. The minimum Gasteiger partial charge on any atom is -0.306 e. The van der Waals surface area contributed by atoms with Gasteiger partial charge in [-0.3, -0.25) is 9.59 Å². The van der Waals surface area contributed by atoms with Crippen molar-refractivity contribution in [3.8, 4) is 0 Å². The fourth-order valence-electron chi connectivity index (χ4n) is 2.23. The zero-order valence-electron chi connectivity index (χ0n) is 11.4. The number of ether oxygens (including phenoxy) is 4. The molecule has 0 spiro atoms. The largest absolute Gasteiger partial charge is 0.306 e. The van der Waals surface area contributed by atoms with Crippen LogP contribution in [0.1, 0.15) is 41.5 Å². The summed E-state index contributed by atoms with van der Waals surface area (Å²) in [7, 11) is 0. The van der Waals surface area contributed by atoms with E-state index >= 15 is 0 Å². The highest BCUT2D eigenvalue weighted by molar-refractivity contribution is 5.84. The SMILES string of the molecule is CC(=O)C1(C)OC2(C)OC(C)(C(C)=O)OC2(C)O1. The van der Waals surface area contributed by atoms with E-state index in [1.54, 1.807) is 13.8 Å². The van der Waals surface area contributed by atoms with Crippen LogP contribution in [0.3, 0.4) is 0 Å². The predicted octanol–water partition coefficient (Wildman–Crippen LogP) is 1.12. The molecular formula is C12H18O6. The molecule has 0 aromatic carbocycles. The van der Waals surface area contributed by atoms with E-state index in [4.69, 9.17) is 18.9 Å². The van der Waals surface area contributed by atoms with Crippen molar-refractivity contribution in [2.75, 3.05) is 0 Å². The number of ketones is 2. The van der Waals surface area contributed by atoms with Gasteiger partial charge in [-0.15, -0.1) is 0 Å². The molecule has 6 nitrogen and oxygen atoms in total. The smallest absolute Gasteiger partial charge is 0.231 e. The maximum atomic E-state index is 11.6. The molecule has 102 valence electrons. The molecule has 0 bridgehead atoms. The molecule has 2 fully saturated rings. The quantitative estimate of drug-likeness (QED) is 0.739. The summed E-state index contributed by atoms with van der Waals surface area (Å²) in [5, 5.41) is 0. The highest BCUT2D eigenvalue weighted by Gasteiger charge is 2.72. The van der Waals surface area contributed by atoms with Crippen LogP contribution in [0.25, 0.3) is 0 Å². The Morgan fingerprint density at radius 1 is 0.667 bits per heavy atom. The third kappa shape index (κ3) is 1.56. The molecule has 0 saturated carbocycles. The Bertz CT molecular complexity index is 374. The molecule has 18 heavy (non-hydrogen) atoms. The monoisotopic (exact) mass is 258 g/mol. The third-order valence-electron chi connectivity index (χ3n) is 3.66. The van der Waals surface area contributed by atoms with Crippen LogP contribution >= 0.6 is 0 Å². The lowest BCUT2D eigenvalue weighted by Gasteiger charge is -2.28. The van der Waals surface area contributed by atoms with Gasteiger partial charge in [0.25, 0.3) is 0 Å². The second kappa shape index (κ2) is 3.39. The normalized spacial score (nSPS) is 51.2. The molecule has 2 saturated heterocycles. The summed E-state index contributed by atoms with van der Waals surface area (Å²) in [5.74, 6) is -6.07. The summed E-state index contributed by atoms with van der Waals surface area (Å²) in [4.78, 5) is 23.1. The van der Waals surface area contributed by atoms with E-state index in [0.29, 0.717) is 0 Å². The van der Waals surface area contributed by atoms with Crippen molar-refractivity contribution in [1.82, 2.24) is 0 Å². The summed E-state index contributed by atoms with van der Waals surface area (Å²) in [5.41, 5.74) is 0. The minimum absolute atomic E-state index is 0.295. The predicted molar refractivity (Wildman–Crippen MR) is 59.3 cm³/mol. The summed E-state index contributed by atoms with van der Waals surface area (Å²) < 4.78 is 22.4. The first-order valence-electron chi connectivity index (χ1n) is 5.79. The Morgan fingerprint density at radius 2 is 0.889 bits per heavy atom. The molecule has 0 amide bonds. The molecule has 6 heteroatoms. The van der Waals surface area contributed by atoms with Gasteiger partial charge >= 0.3 is 0 Å². The number of carbonyl (C=O) groups excluding carboxylic acids is 2. The number of hydrogen-bond donors (Lipinski definition) is 0. The Labute approximate surface area is 106 Å². The number of carbonyl (C=O) groups is 2.